The van der Waals surface area contributed by atoms with Gasteiger partial charge in [0.1, 0.15) is 11.3 Å². The lowest BCUT2D eigenvalue weighted by atomic mass is 10.2. The standard InChI is InChI=1S/C16H13BrClFN2/c1-10(18)16-20-15-13(19)6-3-7-14(15)21(16)9-11-4-2-5-12(17)8-11/h2-8,10H,9H2,1H3. The van der Waals surface area contributed by atoms with Crippen molar-refractivity contribution in [3.63, 3.8) is 0 Å². The number of benzene rings is 2. The number of hydrogen-bond acceptors (Lipinski definition) is 1. The molecule has 5 heteroatoms. The van der Waals surface area contributed by atoms with Gasteiger partial charge in [-0.25, -0.2) is 9.37 Å². The van der Waals surface area contributed by atoms with Crippen LogP contribution in [0.1, 0.15) is 23.7 Å². The van der Waals surface area contributed by atoms with E-state index < -0.39 is 0 Å². The minimum absolute atomic E-state index is 0.288. The number of nitrogens with zero attached hydrogens (tertiary/aromatic N) is 2. The van der Waals surface area contributed by atoms with Crippen LogP contribution in [0.2, 0.25) is 0 Å². The number of para-hydroxylation sites is 1. The molecule has 0 amide bonds. The third-order valence-electron chi connectivity index (χ3n) is 3.34. The molecule has 1 atom stereocenters. The molecule has 0 radical (unpaired) electrons. The van der Waals surface area contributed by atoms with Gasteiger partial charge in [-0.1, -0.05) is 34.1 Å². The Balaban J connectivity index is 2.16. The van der Waals surface area contributed by atoms with E-state index in [1.165, 1.54) is 6.07 Å². The molecule has 3 rings (SSSR count). The third-order valence-corrected chi connectivity index (χ3v) is 4.03. The highest BCUT2D eigenvalue weighted by molar-refractivity contribution is 9.10. The predicted molar refractivity (Wildman–Crippen MR) is 87.2 cm³/mol. The van der Waals surface area contributed by atoms with E-state index in [2.05, 4.69) is 20.9 Å². The third kappa shape index (κ3) is 2.83. The molecule has 0 aliphatic heterocycles. The van der Waals surface area contributed by atoms with Crippen LogP contribution in [-0.4, -0.2) is 9.55 Å². The van der Waals surface area contributed by atoms with Crippen molar-refractivity contribution in [3.8, 4) is 0 Å². The number of hydrogen-bond donors (Lipinski definition) is 0. The van der Waals surface area contributed by atoms with Gasteiger partial charge in [-0.2, -0.15) is 0 Å². The van der Waals surface area contributed by atoms with Gasteiger partial charge in [0.05, 0.1) is 10.9 Å². The van der Waals surface area contributed by atoms with E-state index in [1.54, 1.807) is 6.07 Å². The van der Waals surface area contributed by atoms with Crippen LogP contribution in [-0.2, 0) is 6.54 Å². The Bertz CT molecular complexity index is 798. The maximum atomic E-state index is 13.9. The lowest BCUT2D eigenvalue weighted by Crippen LogP contribution is -2.05. The summed E-state index contributed by atoms with van der Waals surface area (Å²) in [4.78, 5) is 4.37. The maximum Gasteiger partial charge on any atom is 0.151 e. The zero-order chi connectivity index (χ0) is 15.0. The van der Waals surface area contributed by atoms with Gasteiger partial charge < -0.3 is 4.57 Å². The van der Waals surface area contributed by atoms with E-state index in [1.807, 2.05) is 41.8 Å². The normalized spacial score (nSPS) is 12.8. The molecule has 0 spiro atoms. The largest absolute Gasteiger partial charge is 0.322 e. The molecule has 0 fully saturated rings. The molecular weight excluding hydrogens is 355 g/mol. The summed E-state index contributed by atoms with van der Waals surface area (Å²) in [7, 11) is 0. The Hall–Kier alpha value is -1.39. The summed E-state index contributed by atoms with van der Waals surface area (Å²) >= 11 is 9.68. The first kappa shape index (κ1) is 14.5. The Morgan fingerprint density at radius 3 is 2.76 bits per heavy atom. The van der Waals surface area contributed by atoms with Crippen molar-refractivity contribution in [2.75, 3.05) is 0 Å². The monoisotopic (exact) mass is 366 g/mol. The van der Waals surface area contributed by atoms with E-state index >= 15 is 0 Å². The number of aromatic nitrogens is 2. The molecule has 0 bridgehead atoms. The van der Waals surface area contributed by atoms with Gasteiger partial charge in [0.2, 0.25) is 0 Å². The van der Waals surface area contributed by atoms with Crippen LogP contribution in [0.4, 0.5) is 4.39 Å². The Kier molecular flexibility index (Phi) is 4.00. The number of rotatable bonds is 3. The van der Waals surface area contributed by atoms with Gasteiger partial charge in [0.15, 0.2) is 5.82 Å². The Morgan fingerprint density at radius 1 is 1.29 bits per heavy atom. The molecule has 3 aromatic rings. The van der Waals surface area contributed by atoms with Gasteiger partial charge in [0, 0.05) is 11.0 Å². The van der Waals surface area contributed by atoms with Gasteiger partial charge in [0.25, 0.3) is 0 Å². The van der Waals surface area contributed by atoms with Crippen LogP contribution in [0.3, 0.4) is 0 Å². The molecule has 2 nitrogen and oxygen atoms in total. The summed E-state index contributed by atoms with van der Waals surface area (Å²) in [6.45, 7) is 2.45. The number of imidazole rings is 1. The second-order valence-corrected chi connectivity index (χ2v) is 6.48. The van der Waals surface area contributed by atoms with Gasteiger partial charge in [-0.05, 0) is 36.8 Å². The lowest BCUT2D eigenvalue weighted by molar-refractivity contribution is 0.637. The van der Waals surface area contributed by atoms with Crippen molar-refractivity contribution in [1.29, 1.82) is 0 Å². The summed E-state index contributed by atoms with van der Waals surface area (Å²) in [5.41, 5.74) is 2.24. The summed E-state index contributed by atoms with van der Waals surface area (Å²) in [6.07, 6.45) is 0. The highest BCUT2D eigenvalue weighted by Gasteiger charge is 2.17. The molecular formula is C16H13BrClFN2. The SMILES string of the molecule is CC(Cl)c1nc2c(F)cccc2n1Cc1cccc(Br)c1. The average Bonchev–Trinajstić information content (AvgIpc) is 2.80. The number of fused-ring (bicyclic) bond motifs is 1. The van der Waals surface area contributed by atoms with Crippen LogP contribution in [0.15, 0.2) is 46.9 Å². The zero-order valence-electron chi connectivity index (χ0n) is 11.4. The van der Waals surface area contributed by atoms with Gasteiger partial charge in [-0.3, -0.25) is 0 Å². The van der Waals surface area contributed by atoms with E-state index in [4.69, 9.17) is 11.6 Å². The smallest absolute Gasteiger partial charge is 0.151 e. The summed E-state index contributed by atoms with van der Waals surface area (Å²) < 4.78 is 16.9. The molecule has 0 aliphatic rings. The molecule has 0 aliphatic carbocycles. The molecule has 108 valence electrons. The van der Waals surface area contributed by atoms with Crippen LogP contribution in [0.5, 0.6) is 0 Å². The van der Waals surface area contributed by atoms with E-state index in [0.29, 0.717) is 17.9 Å². The topological polar surface area (TPSA) is 17.8 Å². The summed E-state index contributed by atoms with van der Waals surface area (Å²) in [5.74, 6) is 0.357. The molecule has 1 aromatic heterocycles. The lowest BCUT2D eigenvalue weighted by Gasteiger charge is -2.11. The quantitative estimate of drug-likeness (QED) is 0.575. The van der Waals surface area contributed by atoms with Crippen molar-refractivity contribution >= 4 is 38.6 Å². The minimum Gasteiger partial charge on any atom is -0.322 e. The number of halogens is 3. The maximum absolute atomic E-state index is 13.9. The first-order valence-corrected chi connectivity index (χ1v) is 7.82. The Morgan fingerprint density at radius 2 is 2.05 bits per heavy atom. The summed E-state index contributed by atoms with van der Waals surface area (Å²) in [5, 5.41) is -0.288. The fraction of sp³-hybridized carbons (Fsp3) is 0.188. The molecule has 21 heavy (non-hydrogen) atoms. The molecule has 1 unspecified atom stereocenters. The van der Waals surface area contributed by atoms with Crippen LogP contribution < -0.4 is 0 Å². The van der Waals surface area contributed by atoms with Crippen LogP contribution >= 0.6 is 27.5 Å². The van der Waals surface area contributed by atoms with E-state index in [-0.39, 0.29) is 11.2 Å². The van der Waals surface area contributed by atoms with Gasteiger partial charge in [-0.15, -0.1) is 11.6 Å². The van der Waals surface area contributed by atoms with E-state index in [0.717, 1.165) is 15.6 Å². The van der Waals surface area contributed by atoms with Crippen molar-refractivity contribution in [2.45, 2.75) is 18.8 Å². The molecule has 0 N–H and O–H groups in total. The average molecular weight is 368 g/mol. The molecule has 0 saturated heterocycles. The first-order chi connectivity index (χ1) is 10.1. The zero-order valence-corrected chi connectivity index (χ0v) is 13.7. The molecule has 2 aromatic carbocycles. The van der Waals surface area contributed by atoms with Gasteiger partial charge >= 0.3 is 0 Å². The van der Waals surface area contributed by atoms with Crippen molar-refractivity contribution in [2.24, 2.45) is 0 Å². The Labute approximate surface area is 135 Å². The van der Waals surface area contributed by atoms with Crippen molar-refractivity contribution in [1.82, 2.24) is 9.55 Å². The minimum atomic E-state index is -0.320. The fourth-order valence-electron chi connectivity index (χ4n) is 2.42. The van der Waals surface area contributed by atoms with Crippen LogP contribution in [0, 0.1) is 5.82 Å². The number of alkyl halides is 1. The second-order valence-electron chi connectivity index (χ2n) is 4.91. The molecule has 0 saturated carbocycles. The second kappa shape index (κ2) is 5.78. The fourth-order valence-corrected chi connectivity index (χ4v) is 3.03. The summed E-state index contributed by atoms with van der Waals surface area (Å²) in [6, 6.07) is 13.0. The van der Waals surface area contributed by atoms with Crippen molar-refractivity contribution in [3.05, 3.63) is 64.1 Å². The highest BCUT2D eigenvalue weighted by atomic mass is 79.9. The first-order valence-electron chi connectivity index (χ1n) is 6.59. The van der Waals surface area contributed by atoms with Crippen LogP contribution in [0.25, 0.3) is 11.0 Å². The molecule has 1 heterocycles. The van der Waals surface area contributed by atoms with E-state index in [9.17, 15) is 4.39 Å². The van der Waals surface area contributed by atoms with Crippen molar-refractivity contribution < 1.29 is 4.39 Å². The highest BCUT2D eigenvalue weighted by Crippen LogP contribution is 2.27. The predicted octanol–water partition coefficient (Wildman–Crippen LogP) is 5.29.